The fourth-order valence-corrected chi connectivity index (χ4v) is 5.18. The van der Waals surface area contributed by atoms with E-state index in [1.165, 1.54) is 37.4 Å². The largest absolute Gasteiger partial charge is 0.508 e. The van der Waals surface area contributed by atoms with Gasteiger partial charge in [0.2, 0.25) is 0 Å². The molecule has 238 valence electrons. The lowest BCUT2D eigenvalue weighted by Gasteiger charge is -2.27. The molecule has 0 bridgehead atoms. The third kappa shape index (κ3) is 9.09. The van der Waals surface area contributed by atoms with Gasteiger partial charge in [0.1, 0.15) is 46.6 Å². The number of ether oxygens (including phenoxy) is 4. The van der Waals surface area contributed by atoms with E-state index in [4.69, 9.17) is 18.9 Å². The van der Waals surface area contributed by atoms with E-state index in [1.807, 2.05) is 6.92 Å². The Labute approximate surface area is 250 Å². The Morgan fingerprint density at radius 3 is 2.30 bits per heavy atom. The maximum absolute atomic E-state index is 13.7. The summed E-state index contributed by atoms with van der Waals surface area (Å²) in [7, 11) is 1.42. The summed E-state index contributed by atoms with van der Waals surface area (Å²) in [6.07, 6.45) is -4.09. The predicted octanol–water partition coefficient (Wildman–Crippen LogP) is 7.66. The summed E-state index contributed by atoms with van der Waals surface area (Å²) in [5.74, 6) is -5.12. The number of halogens is 5. The second kappa shape index (κ2) is 15.4. The third-order valence-electron chi connectivity index (χ3n) is 6.96. The standard InChI is InChI=1S/C30H35F5O7S/c1-3-4-5-6-8-19(9-7-14-29(31,32)30(33,34)35)28(43-38)42-27-23-13-11-21(37)16-26(23)40-17-24(27)22-12-10-20(36)15-25(22)41-18-39-2/h10-13,15-16,19,36-37H,3-9,14,17-18H2,1-2H3. The molecule has 43 heavy (non-hydrogen) atoms. The average molecular weight is 635 g/mol. The number of phenolic OH excluding ortho intramolecular Hbond substituents is 2. The number of benzene rings is 2. The summed E-state index contributed by atoms with van der Waals surface area (Å²) < 4.78 is 101. The van der Waals surface area contributed by atoms with Crippen molar-refractivity contribution in [3.8, 4) is 23.0 Å². The molecule has 0 spiro atoms. The molecule has 0 fully saturated rings. The summed E-state index contributed by atoms with van der Waals surface area (Å²) in [4.78, 5) is 0. The van der Waals surface area contributed by atoms with Crippen LogP contribution in [0.25, 0.3) is 11.3 Å². The molecule has 13 heteroatoms. The topological polar surface area (TPSA) is 94.5 Å². The van der Waals surface area contributed by atoms with Crippen LogP contribution in [0, 0.1) is 5.92 Å². The number of fused-ring (bicyclic) bond motifs is 1. The lowest BCUT2D eigenvalue weighted by Crippen LogP contribution is -2.36. The van der Waals surface area contributed by atoms with Gasteiger partial charge in [-0.25, -0.2) is 4.21 Å². The van der Waals surface area contributed by atoms with E-state index in [1.54, 1.807) is 6.07 Å². The number of rotatable bonds is 15. The SMILES string of the molecule is CCCCCCC(CCCC(F)(F)C(F)(F)F)C(OC1=C(c2ccc(O)cc2OCOC)COc2cc(O)ccc21)=S=O. The second-order valence-corrected chi connectivity index (χ2v) is 10.7. The maximum Gasteiger partial charge on any atom is 0.453 e. The molecule has 0 radical (unpaired) electrons. The van der Waals surface area contributed by atoms with Gasteiger partial charge in [0.15, 0.2) is 11.8 Å². The molecule has 0 saturated carbocycles. The third-order valence-corrected chi connectivity index (χ3v) is 7.54. The normalized spacial score (nSPS) is 14.1. The minimum atomic E-state index is -5.66. The molecular weight excluding hydrogens is 599 g/mol. The van der Waals surface area contributed by atoms with Crippen molar-refractivity contribution in [2.24, 2.45) is 5.92 Å². The molecule has 1 aliphatic heterocycles. The fraction of sp³-hybridized carbons (Fsp3) is 0.500. The van der Waals surface area contributed by atoms with E-state index in [9.17, 15) is 36.4 Å². The number of unbranched alkanes of at least 4 members (excludes halogenated alkanes) is 3. The summed E-state index contributed by atoms with van der Waals surface area (Å²) >= 11 is 0.0136. The van der Waals surface area contributed by atoms with Crippen LogP contribution in [0.15, 0.2) is 36.4 Å². The molecule has 3 rings (SSSR count). The quantitative estimate of drug-likeness (QED) is 0.0900. The summed E-state index contributed by atoms with van der Waals surface area (Å²) in [5.41, 5.74) is 1.21. The van der Waals surface area contributed by atoms with Crippen LogP contribution in [-0.4, -0.2) is 52.1 Å². The second-order valence-electron chi connectivity index (χ2n) is 10.2. The van der Waals surface area contributed by atoms with Gasteiger partial charge in [-0.1, -0.05) is 32.6 Å². The van der Waals surface area contributed by atoms with Gasteiger partial charge >= 0.3 is 12.1 Å². The molecule has 2 N–H and O–H groups in total. The van der Waals surface area contributed by atoms with Crippen LogP contribution in [0.4, 0.5) is 22.0 Å². The van der Waals surface area contributed by atoms with Crippen molar-refractivity contribution in [3.63, 3.8) is 0 Å². The van der Waals surface area contributed by atoms with E-state index < -0.39 is 30.9 Å². The van der Waals surface area contributed by atoms with E-state index in [0.717, 1.165) is 19.3 Å². The molecule has 1 aliphatic rings. The first-order valence-corrected chi connectivity index (χ1v) is 14.6. The maximum atomic E-state index is 13.7. The van der Waals surface area contributed by atoms with Crippen molar-refractivity contribution in [2.45, 2.75) is 70.4 Å². The van der Waals surface area contributed by atoms with Gasteiger partial charge in [0.25, 0.3) is 0 Å². The summed E-state index contributed by atoms with van der Waals surface area (Å²) in [5, 5.41) is 20.0. The van der Waals surface area contributed by atoms with Gasteiger partial charge in [0, 0.05) is 42.7 Å². The van der Waals surface area contributed by atoms with Crippen molar-refractivity contribution >= 4 is 27.6 Å². The van der Waals surface area contributed by atoms with Crippen LogP contribution in [-0.2, 0) is 20.7 Å². The highest BCUT2D eigenvalue weighted by molar-refractivity contribution is 7.66. The molecule has 1 unspecified atom stereocenters. The first kappa shape index (κ1) is 34.2. The zero-order valence-electron chi connectivity index (χ0n) is 23.8. The molecule has 7 nitrogen and oxygen atoms in total. The Bertz CT molecular complexity index is 1320. The van der Waals surface area contributed by atoms with E-state index in [-0.39, 0.29) is 64.9 Å². The van der Waals surface area contributed by atoms with Crippen molar-refractivity contribution in [3.05, 3.63) is 47.5 Å². The average Bonchev–Trinajstić information content (AvgIpc) is 2.95. The Morgan fingerprint density at radius 1 is 0.977 bits per heavy atom. The molecule has 2 aromatic carbocycles. The van der Waals surface area contributed by atoms with E-state index >= 15 is 0 Å². The van der Waals surface area contributed by atoms with E-state index in [0.29, 0.717) is 29.5 Å². The van der Waals surface area contributed by atoms with Crippen LogP contribution >= 0.6 is 0 Å². The van der Waals surface area contributed by atoms with Crippen LogP contribution in [0.2, 0.25) is 0 Å². The Hall–Kier alpha value is -3.32. The first-order valence-electron chi connectivity index (χ1n) is 13.8. The van der Waals surface area contributed by atoms with E-state index in [2.05, 4.69) is 0 Å². The first-order chi connectivity index (χ1) is 20.4. The highest BCUT2D eigenvalue weighted by atomic mass is 32.1. The van der Waals surface area contributed by atoms with Crippen molar-refractivity contribution < 1.29 is 55.3 Å². The zero-order valence-corrected chi connectivity index (χ0v) is 24.7. The monoisotopic (exact) mass is 634 g/mol. The molecule has 1 heterocycles. The lowest BCUT2D eigenvalue weighted by atomic mass is 9.94. The Morgan fingerprint density at radius 2 is 1.65 bits per heavy atom. The van der Waals surface area contributed by atoms with Gasteiger partial charge in [-0.3, -0.25) is 0 Å². The number of alkyl halides is 5. The molecular formula is C30H35F5O7S. The minimum Gasteiger partial charge on any atom is -0.508 e. The molecule has 1 atom stereocenters. The van der Waals surface area contributed by atoms with Crippen molar-refractivity contribution in [2.75, 3.05) is 20.5 Å². The van der Waals surface area contributed by atoms with Gasteiger partial charge in [0.05, 0.1) is 5.56 Å². The molecule has 0 saturated heterocycles. The fourth-order valence-electron chi connectivity index (χ4n) is 4.69. The zero-order chi connectivity index (χ0) is 31.6. The van der Waals surface area contributed by atoms with Crippen LogP contribution in [0.3, 0.4) is 0 Å². The van der Waals surface area contributed by atoms with Crippen LogP contribution < -0.4 is 9.47 Å². The number of phenols is 2. The highest BCUT2D eigenvalue weighted by Crippen LogP contribution is 2.44. The molecule has 0 aromatic heterocycles. The number of hydrogen-bond acceptors (Lipinski definition) is 7. The predicted molar refractivity (Wildman–Crippen MR) is 152 cm³/mol. The van der Waals surface area contributed by atoms with Crippen LogP contribution in [0.5, 0.6) is 23.0 Å². The number of methoxy groups -OCH3 is 1. The Balaban J connectivity index is 2.03. The van der Waals surface area contributed by atoms with Crippen molar-refractivity contribution in [1.29, 1.82) is 0 Å². The van der Waals surface area contributed by atoms with Crippen LogP contribution in [0.1, 0.15) is 69.4 Å². The van der Waals surface area contributed by atoms with Gasteiger partial charge in [-0.15, -0.1) is 0 Å². The molecule has 2 aromatic rings. The minimum absolute atomic E-state index is 0.0136. The van der Waals surface area contributed by atoms with Gasteiger partial charge < -0.3 is 29.2 Å². The van der Waals surface area contributed by atoms with Crippen molar-refractivity contribution in [1.82, 2.24) is 0 Å². The van der Waals surface area contributed by atoms with Gasteiger partial charge in [-0.05, 0) is 43.5 Å². The molecule has 0 aliphatic carbocycles. The Kier molecular flexibility index (Phi) is 12.3. The number of hydrogen-bond donors (Lipinski definition) is 2. The lowest BCUT2D eigenvalue weighted by molar-refractivity contribution is -0.284. The van der Waals surface area contributed by atoms with Gasteiger partial charge in [-0.2, -0.15) is 22.0 Å². The summed E-state index contributed by atoms with van der Waals surface area (Å²) in [6, 6.07) is 8.59. The summed E-state index contributed by atoms with van der Waals surface area (Å²) in [6.45, 7) is 1.75. The molecule has 0 amide bonds. The highest BCUT2D eigenvalue weighted by Gasteiger charge is 2.56. The number of aromatic hydroxyl groups is 2. The smallest absolute Gasteiger partial charge is 0.453 e.